The topological polar surface area (TPSA) is 20.3 Å². The van der Waals surface area contributed by atoms with Gasteiger partial charge >= 0.3 is 0 Å². The van der Waals surface area contributed by atoms with E-state index in [0.29, 0.717) is 13.1 Å². The first-order valence-electron chi connectivity index (χ1n) is 4.63. The van der Waals surface area contributed by atoms with Crippen LogP contribution in [0.15, 0.2) is 12.7 Å². The molecule has 2 atom stereocenters. The molecule has 0 fully saturated rings. The standard InChI is InChI=1S/C10H18FNO/c1-5-8(4)9(11)10(13)12(6-2)7-3/h5,8-9H,1,6-7H2,2-4H3. The van der Waals surface area contributed by atoms with Crippen molar-refractivity contribution in [3.63, 3.8) is 0 Å². The summed E-state index contributed by atoms with van der Waals surface area (Å²) in [5.41, 5.74) is 0. The predicted molar refractivity (Wildman–Crippen MR) is 52.2 cm³/mol. The van der Waals surface area contributed by atoms with Gasteiger partial charge in [0.2, 0.25) is 0 Å². The number of rotatable bonds is 5. The summed E-state index contributed by atoms with van der Waals surface area (Å²) in [6, 6.07) is 0. The molecule has 0 rings (SSSR count). The quantitative estimate of drug-likeness (QED) is 0.603. The van der Waals surface area contributed by atoms with Crippen molar-refractivity contribution in [2.75, 3.05) is 13.1 Å². The van der Waals surface area contributed by atoms with Crippen LogP contribution in [0.25, 0.3) is 0 Å². The van der Waals surface area contributed by atoms with E-state index in [1.807, 2.05) is 13.8 Å². The number of amides is 1. The van der Waals surface area contributed by atoms with Crippen LogP contribution in [-0.2, 0) is 4.79 Å². The summed E-state index contributed by atoms with van der Waals surface area (Å²) in [5.74, 6) is -0.842. The van der Waals surface area contributed by atoms with Crippen LogP contribution in [0.5, 0.6) is 0 Å². The SMILES string of the molecule is C=CC(C)C(F)C(=O)N(CC)CC. The van der Waals surface area contributed by atoms with Gasteiger partial charge in [-0.2, -0.15) is 0 Å². The highest BCUT2D eigenvalue weighted by atomic mass is 19.1. The van der Waals surface area contributed by atoms with Crippen LogP contribution in [0.4, 0.5) is 4.39 Å². The van der Waals surface area contributed by atoms with Crippen molar-refractivity contribution < 1.29 is 9.18 Å². The Morgan fingerprint density at radius 3 is 2.31 bits per heavy atom. The molecular weight excluding hydrogens is 169 g/mol. The third-order valence-corrected chi connectivity index (χ3v) is 2.14. The minimum atomic E-state index is -1.45. The lowest BCUT2D eigenvalue weighted by atomic mass is 10.1. The van der Waals surface area contributed by atoms with Crippen LogP contribution < -0.4 is 0 Å². The first-order valence-corrected chi connectivity index (χ1v) is 4.63. The Bertz CT molecular complexity index is 178. The van der Waals surface area contributed by atoms with Gasteiger partial charge in [-0.1, -0.05) is 13.0 Å². The second-order valence-corrected chi connectivity index (χ2v) is 3.01. The Morgan fingerprint density at radius 2 is 2.00 bits per heavy atom. The van der Waals surface area contributed by atoms with E-state index in [-0.39, 0.29) is 0 Å². The fourth-order valence-corrected chi connectivity index (χ4v) is 1.05. The first-order chi connectivity index (χ1) is 6.08. The number of hydrogen-bond acceptors (Lipinski definition) is 1. The van der Waals surface area contributed by atoms with E-state index in [9.17, 15) is 9.18 Å². The van der Waals surface area contributed by atoms with Gasteiger partial charge in [0.1, 0.15) is 0 Å². The highest BCUT2D eigenvalue weighted by Crippen LogP contribution is 2.11. The summed E-state index contributed by atoms with van der Waals surface area (Å²) >= 11 is 0. The van der Waals surface area contributed by atoms with Crippen molar-refractivity contribution in [1.29, 1.82) is 0 Å². The Balaban J connectivity index is 4.30. The lowest BCUT2D eigenvalue weighted by Gasteiger charge is -2.22. The Morgan fingerprint density at radius 1 is 1.54 bits per heavy atom. The van der Waals surface area contributed by atoms with Crippen LogP contribution in [0.3, 0.4) is 0 Å². The minimum Gasteiger partial charge on any atom is -0.341 e. The monoisotopic (exact) mass is 187 g/mol. The van der Waals surface area contributed by atoms with Crippen LogP contribution in [0.2, 0.25) is 0 Å². The van der Waals surface area contributed by atoms with Crippen molar-refractivity contribution in [3.8, 4) is 0 Å². The molecule has 0 heterocycles. The summed E-state index contributed by atoms with van der Waals surface area (Å²) in [5, 5.41) is 0. The average Bonchev–Trinajstić information content (AvgIpc) is 2.17. The molecule has 0 aromatic rings. The summed E-state index contributed by atoms with van der Waals surface area (Å²) < 4.78 is 13.4. The normalized spacial score (nSPS) is 14.8. The Labute approximate surface area is 79.4 Å². The molecule has 2 unspecified atom stereocenters. The molecule has 0 radical (unpaired) electrons. The maximum atomic E-state index is 13.4. The first kappa shape index (κ1) is 12.1. The maximum Gasteiger partial charge on any atom is 0.257 e. The lowest BCUT2D eigenvalue weighted by Crippen LogP contribution is -2.39. The molecule has 13 heavy (non-hydrogen) atoms. The summed E-state index contributed by atoms with van der Waals surface area (Å²) in [6.07, 6.45) is 0.0175. The third-order valence-electron chi connectivity index (χ3n) is 2.14. The number of halogens is 1. The van der Waals surface area contributed by atoms with Crippen molar-refractivity contribution in [3.05, 3.63) is 12.7 Å². The molecular formula is C10H18FNO. The highest BCUT2D eigenvalue weighted by Gasteiger charge is 2.25. The fraction of sp³-hybridized carbons (Fsp3) is 0.700. The van der Waals surface area contributed by atoms with Gasteiger partial charge in [0.05, 0.1) is 0 Å². The van der Waals surface area contributed by atoms with Gasteiger partial charge in [0.15, 0.2) is 6.17 Å². The summed E-state index contributed by atoms with van der Waals surface area (Å²) in [4.78, 5) is 12.9. The maximum absolute atomic E-state index is 13.4. The van der Waals surface area contributed by atoms with Gasteiger partial charge in [-0.3, -0.25) is 4.79 Å². The van der Waals surface area contributed by atoms with Crippen LogP contribution in [0, 0.1) is 5.92 Å². The molecule has 0 aliphatic rings. The zero-order valence-corrected chi connectivity index (χ0v) is 8.59. The molecule has 2 nitrogen and oxygen atoms in total. The smallest absolute Gasteiger partial charge is 0.257 e. The molecule has 0 saturated carbocycles. The average molecular weight is 187 g/mol. The van der Waals surface area contributed by atoms with Crippen LogP contribution >= 0.6 is 0 Å². The molecule has 3 heteroatoms. The van der Waals surface area contributed by atoms with E-state index < -0.39 is 18.0 Å². The van der Waals surface area contributed by atoms with Gasteiger partial charge in [0, 0.05) is 19.0 Å². The van der Waals surface area contributed by atoms with E-state index >= 15 is 0 Å². The van der Waals surface area contributed by atoms with E-state index in [1.165, 1.54) is 11.0 Å². The number of hydrogen-bond donors (Lipinski definition) is 0. The van der Waals surface area contributed by atoms with Crippen molar-refractivity contribution in [1.82, 2.24) is 4.90 Å². The van der Waals surface area contributed by atoms with Crippen LogP contribution in [0.1, 0.15) is 20.8 Å². The number of alkyl halides is 1. The molecule has 0 bridgehead atoms. The van der Waals surface area contributed by atoms with Crippen molar-refractivity contribution in [2.24, 2.45) is 5.92 Å². The number of nitrogens with zero attached hydrogens (tertiary/aromatic N) is 1. The molecule has 76 valence electrons. The third kappa shape index (κ3) is 3.17. The molecule has 0 aromatic heterocycles. The molecule has 0 spiro atoms. The van der Waals surface area contributed by atoms with E-state index in [1.54, 1.807) is 6.92 Å². The van der Waals surface area contributed by atoms with Gasteiger partial charge < -0.3 is 4.90 Å². The molecule has 1 amide bonds. The zero-order valence-electron chi connectivity index (χ0n) is 8.59. The molecule has 0 N–H and O–H groups in total. The predicted octanol–water partition coefficient (Wildman–Crippen LogP) is 2.02. The second-order valence-electron chi connectivity index (χ2n) is 3.01. The summed E-state index contributed by atoms with van der Waals surface area (Å²) in [7, 11) is 0. The van der Waals surface area contributed by atoms with Gasteiger partial charge in [0.25, 0.3) is 5.91 Å². The van der Waals surface area contributed by atoms with Gasteiger partial charge in [-0.05, 0) is 13.8 Å². The Kier molecular flexibility index (Phi) is 5.35. The minimum absolute atomic E-state index is 0.409. The highest BCUT2D eigenvalue weighted by molar-refractivity contribution is 5.81. The summed E-state index contributed by atoms with van der Waals surface area (Å²) in [6.45, 7) is 9.91. The van der Waals surface area contributed by atoms with Crippen molar-refractivity contribution >= 4 is 5.91 Å². The van der Waals surface area contributed by atoms with Gasteiger partial charge in [-0.25, -0.2) is 4.39 Å². The van der Waals surface area contributed by atoms with Gasteiger partial charge in [-0.15, -0.1) is 6.58 Å². The molecule has 0 saturated heterocycles. The molecule has 0 aliphatic carbocycles. The van der Waals surface area contributed by atoms with E-state index in [4.69, 9.17) is 0 Å². The molecule has 0 aliphatic heterocycles. The number of carbonyl (C=O) groups excluding carboxylic acids is 1. The Hall–Kier alpha value is -0.860. The van der Waals surface area contributed by atoms with E-state index in [0.717, 1.165) is 0 Å². The number of carbonyl (C=O) groups is 1. The lowest BCUT2D eigenvalue weighted by molar-refractivity contribution is -0.137. The van der Waals surface area contributed by atoms with E-state index in [2.05, 4.69) is 6.58 Å². The second kappa shape index (κ2) is 5.73. The van der Waals surface area contributed by atoms with Crippen molar-refractivity contribution in [2.45, 2.75) is 26.9 Å². The largest absolute Gasteiger partial charge is 0.341 e. The number of allylic oxidation sites excluding steroid dienone is 1. The zero-order chi connectivity index (χ0) is 10.4. The molecule has 0 aromatic carbocycles. The fourth-order valence-electron chi connectivity index (χ4n) is 1.05. The van der Waals surface area contributed by atoms with Crippen LogP contribution in [-0.4, -0.2) is 30.1 Å².